The smallest absolute Gasteiger partial charge is 0.0681 e. The molecule has 0 unspecified atom stereocenters. The zero-order valence-corrected chi connectivity index (χ0v) is 10.2. The molecule has 1 nitrogen and oxygen atoms in total. The molecule has 0 heterocycles. The van der Waals surface area contributed by atoms with E-state index < -0.39 is 0 Å². The molecule has 1 aliphatic rings. The molecule has 0 spiro atoms. The van der Waals surface area contributed by atoms with Gasteiger partial charge in [-0.2, -0.15) is 0 Å². The molecule has 0 aliphatic heterocycles. The maximum absolute atomic E-state index is 9.04. The van der Waals surface area contributed by atoms with E-state index in [0.29, 0.717) is 5.92 Å². The van der Waals surface area contributed by atoms with E-state index in [-0.39, 0.29) is 12.0 Å². The average molecular weight is 216 g/mol. The van der Waals surface area contributed by atoms with E-state index in [9.17, 15) is 0 Å². The van der Waals surface area contributed by atoms with Crippen molar-refractivity contribution in [3.63, 3.8) is 0 Å². The Labute approximate surface area is 97.8 Å². The molecule has 1 aliphatic carbocycles. The molecular formula is C15H20O. The summed E-state index contributed by atoms with van der Waals surface area (Å²) in [5, 5.41) is 9.04. The van der Waals surface area contributed by atoms with Crippen LogP contribution in [0.4, 0.5) is 0 Å². The van der Waals surface area contributed by atoms with Gasteiger partial charge in [-0.1, -0.05) is 50.3 Å². The van der Waals surface area contributed by atoms with Gasteiger partial charge in [-0.25, -0.2) is 0 Å². The van der Waals surface area contributed by atoms with E-state index in [2.05, 4.69) is 32.6 Å². The SMILES string of the molecule is C=C1CC[C@@](C)(c2ccc(CO)cc2)[C@H]1C. The molecular weight excluding hydrogens is 196 g/mol. The van der Waals surface area contributed by atoms with Gasteiger partial charge in [-0.3, -0.25) is 0 Å². The van der Waals surface area contributed by atoms with Gasteiger partial charge >= 0.3 is 0 Å². The summed E-state index contributed by atoms with van der Waals surface area (Å²) in [5.41, 5.74) is 3.95. The summed E-state index contributed by atoms with van der Waals surface area (Å²) in [5.74, 6) is 0.549. The number of hydrogen-bond donors (Lipinski definition) is 1. The highest BCUT2D eigenvalue weighted by atomic mass is 16.3. The molecule has 0 bridgehead atoms. The van der Waals surface area contributed by atoms with Crippen molar-refractivity contribution in [1.82, 2.24) is 0 Å². The Bertz CT molecular complexity index is 390. The van der Waals surface area contributed by atoms with Crippen LogP contribution in [-0.4, -0.2) is 5.11 Å². The summed E-state index contributed by atoms with van der Waals surface area (Å²) in [7, 11) is 0. The number of hydrogen-bond acceptors (Lipinski definition) is 1. The van der Waals surface area contributed by atoms with E-state index in [1.807, 2.05) is 12.1 Å². The van der Waals surface area contributed by atoms with Crippen LogP contribution in [0.2, 0.25) is 0 Å². The Morgan fingerprint density at radius 2 is 2.00 bits per heavy atom. The maximum atomic E-state index is 9.04. The monoisotopic (exact) mass is 216 g/mol. The number of aliphatic hydroxyl groups is 1. The molecule has 2 atom stereocenters. The largest absolute Gasteiger partial charge is 0.392 e. The van der Waals surface area contributed by atoms with Crippen molar-refractivity contribution >= 4 is 0 Å². The second-order valence-electron chi connectivity index (χ2n) is 5.15. The fraction of sp³-hybridized carbons (Fsp3) is 0.467. The lowest BCUT2D eigenvalue weighted by Crippen LogP contribution is -2.25. The first kappa shape index (κ1) is 11.4. The van der Waals surface area contributed by atoms with Crippen LogP contribution < -0.4 is 0 Å². The summed E-state index contributed by atoms with van der Waals surface area (Å²) in [6, 6.07) is 8.35. The zero-order valence-electron chi connectivity index (χ0n) is 10.2. The van der Waals surface area contributed by atoms with Crippen molar-refractivity contribution in [2.24, 2.45) is 5.92 Å². The van der Waals surface area contributed by atoms with Crippen molar-refractivity contribution in [1.29, 1.82) is 0 Å². The Hall–Kier alpha value is -1.08. The second kappa shape index (κ2) is 4.06. The van der Waals surface area contributed by atoms with Crippen molar-refractivity contribution in [2.75, 3.05) is 0 Å². The standard InChI is InChI=1S/C15H20O/c1-11-8-9-15(3,12(11)2)14-6-4-13(10-16)5-7-14/h4-7,12,16H,1,8-10H2,2-3H3/t12-,15+/m0/s1. The lowest BCUT2D eigenvalue weighted by atomic mass is 9.74. The van der Waals surface area contributed by atoms with Gasteiger partial charge in [-0.05, 0) is 35.3 Å². The number of aliphatic hydroxyl groups excluding tert-OH is 1. The molecule has 1 fully saturated rings. The van der Waals surface area contributed by atoms with E-state index in [1.54, 1.807) is 0 Å². The Morgan fingerprint density at radius 3 is 2.44 bits per heavy atom. The van der Waals surface area contributed by atoms with Gasteiger partial charge in [-0.15, -0.1) is 0 Å². The third-order valence-electron chi connectivity index (χ3n) is 4.33. The van der Waals surface area contributed by atoms with Gasteiger partial charge in [0, 0.05) is 0 Å². The first-order valence-electron chi connectivity index (χ1n) is 5.96. The van der Waals surface area contributed by atoms with Crippen molar-refractivity contribution in [2.45, 2.75) is 38.7 Å². The van der Waals surface area contributed by atoms with Crippen LogP contribution in [0.5, 0.6) is 0 Å². The van der Waals surface area contributed by atoms with Crippen LogP contribution in [-0.2, 0) is 12.0 Å². The normalized spacial score (nSPS) is 29.7. The van der Waals surface area contributed by atoms with Gasteiger partial charge in [0.25, 0.3) is 0 Å². The van der Waals surface area contributed by atoms with Crippen molar-refractivity contribution < 1.29 is 5.11 Å². The Kier molecular flexibility index (Phi) is 2.90. The Morgan fingerprint density at radius 1 is 1.38 bits per heavy atom. The molecule has 1 saturated carbocycles. The van der Waals surface area contributed by atoms with Crippen LogP contribution >= 0.6 is 0 Å². The lowest BCUT2D eigenvalue weighted by molar-refractivity contribution is 0.281. The van der Waals surface area contributed by atoms with E-state index in [4.69, 9.17) is 5.11 Å². The summed E-state index contributed by atoms with van der Waals surface area (Å²) in [6.45, 7) is 8.87. The van der Waals surface area contributed by atoms with E-state index in [1.165, 1.54) is 17.6 Å². The minimum atomic E-state index is 0.124. The zero-order chi connectivity index (χ0) is 11.8. The molecule has 1 aromatic carbocycles. The molecule has 1 N–H and O–H groups in total. The van der Waals surface area contributed by atoms with Gasteiger partial charge in [0.2, 0.25) is 0 Å². The van der Waals surface area contributed by atoms with Crippen molar-refractivity contribution in [3.8, 4) is 0 Å². The van der Waals surface area contributed by atoms with E-state index >= 15 is 0 Å². The minimum absolute atomic E-state index is 0.124. The number of rotatable bonds is 2. The summed E-state index contributed by atoms with van der Waals surface area (Å²) in [4.78, 5) is 0. The fourth-order valence-corrected chi connectivity index (χ4v) is 2.69. The van der Waals surface area contributed by atoms with Gasteiger partial charge < -0.3 is 5.11 Å². The van der Waals surface area contributed by atoms with Crippen LogP contribution in [0, 0.1) is 5.92 Å². The molecule has 2 rings (SSSR count). The van der Waals surface area contributed by atoms with Crippen LogP contribution in [0.3, 0.4) is 0 Å². The quantitative estimate of drug-likeness (QED) is 0.751. The molecule has 1 aromatic rings. The third-order valence-corrected chi connectivity index (χ3v) is 4.33. The van der Waals surface area contributed by atoms with Crippen LogP contribution in [0.15, 0.2) is 36.4 Å². The molecule has 16 heavy (non-hydrogen) atoms. The predicted molar refractivity (Wildman–Crippen MR) is 67.3 cm³/mol. The second-order valence-corrected chi connectivity index (χ2v) is 5.15. The molecule has 0 radical (unpaired) electrons. The Balaban J connectivity index is 2.32. The molecule has 0 saturated heterocycles. The third kappa shape index (κ3) is 1.69. The van der Waals surface area contributed by atoms with Gasteiger partial charge in [0.05, 0.1) is 6.61 Å². The molecule has 0 amide bonds. The predicted octanol–water partition coefficient (Wildman–Crippen LogP) is 3.42. The van der Waals surface area contributed by atoms with Gasteiger partial charge in [0.15, 0.2) is 0 Å². The highest BCUT2D eigenvalue weighted by molar-refractivity contribution is 5.34. The molecule has 0 aromatic heterocycles. The van der Waals surface area contributed by atoms with Crippen molar-refractivity contribution in [3.05, 3.63) is 47.5 Å². The first-order chi connectivity index (χ1) is 7.58. The lowest BCUT2D eigenvalue weighted by Gasteiger charge is -2.30. The average Bonchev–Trinajstić information content (AvgIpc) is 2.59. The first-order valence-corrected chi connectivity index (χ1v) is 5.96. The number of benzene rings is 1. The van der Waals surface area contributed by atoms with Crippen LogP contribution in [0.25, 0.3) is 0 Å². The highest BCUT2D eigenvalue weighted by Gasteiger charge is 2.39. The van der Waals surface area contributed by atoms with E-state index in [0.717, 1.165) is 12.0 Å². The van der Waals surface area contributed by atoms with Gasteiger partial charge in [0.1, 0.15) is 0 Å². The highest BCUT2D eigenvalue weighted by Crippen LogP contribution is 2.47. The maximum Gasteiger partial charge on any atom is 0.0681 e. The topological polar surface area (TPSA) is 20.2 Å². The summed E-state index contributed by atoms with van der Waals surface area (Å²) in [6.07, 6.45) is 2.32. The fourth-order valence-electron chi connectivity index (χ4n) is 2.69. The summed E-state index contributed by atoms with van der Waals surface area (Å²) >= 11 is 0. The molecule has 1 heteroatoms. The van der Waals surface area contributed by atoms with Crippen LogP contribution in [0.1, 0.15) is 37.8 Å². The number of allylic oxidation sites excluding steroid dienone is 1. The molecule has 86 valence electrons. The summed E-state index contributed by atoms with van der Waals surface area (Å²) < 4.78 is 0. The minimum Gasteiger partial charge on any atom is -0.392 e.